The second-order valence-corrected chi connectivity index (χ2v) is 3.94. The van der Waals surface area contributed by atoms with Crippen molar-refractivity contribution in [1.29, 1.82) is 0 Å². The lowest BCUT2D eigenvalue weighted by Gasteiger charge is -2.17. The second-order valence-electron chi connectivity index (χ2n) is 3.94. The monoisotopic (exact) mass is 207 g/mol. The van der Waals surface area contributed by atoms with Crippen LogP contribution in [0.15, 0.2) is 25.0 Å². The predicted octanol–water partition coefficient (Wildman–Crippen LogP) is 2.52. The lowest BCUT2D eigenvalue weighted by Crippen LogP contribution is -2.28. The molecule has 0 fully saturated rings. The van der Waals surface area contributed by atoms with Crippen LogP contribution < -0.4 is 5.32 Å². The normalized spacial score (nSPS) is 14.9. The van der Waals surface area contributed by atoms with Crippen LogP contribution in [-0.2, 0) is 6.54 Å². The van der Waals surface area contributed by atoms with Gasteiger partial charge in [0.25, 0.3) is 0 Å². The van der Waals surface area contributed by atoms with Crippen molar-refractivity contribution in [1.82, 2.24) is 15.1 Å². The van der Waals surface area contributed by atoms with Gasteiger partial charge in [-0.25, -0.2) is 0 Å². The first-order valence-electron chi connectivity index (χ1n) is 5.56. The van der Waals surface area contributed by atoms with Gasteiger partial charge in [-0.3, -0.25) is 4.68 Å². The van der Waals surface area contributed by atoms with Gasteiger partial charge in [-0.1, -0.05) is 6.08 Å². The van der Waals surface area contributed by atoms with Crippen molar-refractivity contribution in [2.75, 3.05) is 0 Å². The van der Waals surface area contributed by atoms with E-state index in [1.807, 2.05) is 17.0 Å². The van der Waals surface area contributed by atoms with E-state index in [1.165, 1.54) is 5.56 Å². The number of nitrogens with one attached hydrogen (secondary N) is 1. The summed E-state index contributed by atoms with van der Waals surface area (Å²) in [6.45, 7) is 11.1. The van der Waals surface area contributed by atoms with Gasteiger partial charge in [-0.15, -0.1) is 6.58 Å². The second kappa shape index (κ2) is 5.71. The number of nitrogens with zero attached hydrogens (tertiary/aromatic N) is 2. The molecule has 1 heterocycles. The Kier molecular flexibility index (Phi) is 4.56. The summed E-state index contributed by atoms with van der Waals surface area (Å²) in [7, 11) is 0. The fraction of sp³-hybridized carbons (Fsp3) is 0.583. The zero-order chi connectivity index (χ0) is 11.3. The maximum Gasteiger partial charge on any atom is 0.0537 e. The van der Waals surface area contributed by atoms with E-state index in [0.717, 1.165) is 13.0 Å². The molecule has 15 heavy (non-hydrogen) atoms. The third-order valence-electron chi connectivity index (χ3n) is 2.53. The summed E-state index contributed by atoms with van der Waals surface area (Å²) in [6.07, 6.45) is 6.96. The molecule has 0 aliphatic carbocycles. The molecule has 0 aliphatic heterocycles. The summed E-state index contributed by atoms with van der Waals surface area (Å²) in [5.41, 5.74) is 1.24. The van der Waals surface area contributed by atoms with E-state index in [0.29, 0.717) is 12.1 Å². The van der Waals surface area contributed by atoms with Gasteiger partial charge >= 0.3 is 0 Å². The zero-order valence-electron chi connectivity index (χ0n) is 9.90. The molecule has 0 saturated heterocycles. The fourth-order valence-corrected chi connectivity index (χ4v) is 1.62. The van der Waals surface area contributed by atoms with Crippen LogP contribution in [0.5, 0.6) is 0 Å². The van der Waals surface area contributed by atoms with Crippen molar-refractivity contribution in [3.8, 4) is 0 Å². The van der Waals surface area contributed by atoms with Crippen LogP contribution in [0.4, 0.5) is 0 Å². The third-order valence-corrected chi connectivity index (χ3v) is 2.53. The first kappa shape index (κ1) is 12.0. The first-order valence-corrected chi connectivity index (χ1v) is 5.56. The topological polar surface area (TPSA) is 29.9 Å². The standard InChI is InChI=1S/C12H21N3/c1-5-7-10(3)14-11(4)12-8-13-15(6-2)9-12/h5,8-11,14H,1,6-7H2,2-4H3. The van der Waals surface area contributed by atoms with Crippen molar-refractivity contribution in [2.45, 2.75) is 45.8 Å². The zero-order valence-corrected chi connectivity index (χ0v) is 9.90. The summed E-state index contributed by atoms with van der Waals surface area (Å²) < 4.78 is 1.95. The number of aromatic nitrogens is 2. The number of hydrogen-bond acceptors (Lipinski definition) is 2. The Labute approximate surface area is 92.2 Å². The molecule has 2 atom stereocenters. The molecular weight excluding hydrogens is 186 g/mol. The van der Waals surface area contributed by atoms with Crippen molar-refractivity contribution < 1.29 is 0 Å². The van der Waals surface area contributed by atoms with E-state index in [-0.39, 0.29) is 0 Å². The van der Waals surface area contributed by atoms with Crippen LogP contribution in [0.1, 0.15) is 38.8 Å². The summed E-state index contributed by atoms with van der Waals surface area (Å²) in [4.78, 5) is 0. The highest BCUT2D eigenvalue weighted by Gasteiger charge is 2.09. The molecule has 1 rings (SSSR count). The number of rotatable bonds is 6. The molecule has 1 N–H and O–H groups in total. The number of hydrogen-bond donors (Lipinski definition) is 1. The van der Waals surface area contributed by atoms with Crippen LogP contribution in [0, 0.1) is 0 Å². The molecule has 0 aliphatic rings. The number of aryl methyl sites for hydroxylation is 1. The van der Waals surface area contributed by atoms with Crippen molar-refractivity contribution >= 4 is 0 Å². The van der Waals surface area contributed by atoms with Crippen LogP contribution in [0.3, 0.4) is 0 Å². The van der Waals surface area contributed by atoms with Gasteiger partial charge in [0.05, 0.1) is 6.20 Å². The van der Waals surface area contributed by atoms with Gasteiger partial charge in [0.1, 0.15) is 0 Å². The Balaban J connectivity index is 2.52. The Hall–Kier alpha value is -1.09. The molecule has 0 saturated carbocycles. The van der Waals surface area contributed by atoms with Crippen LogP contribution >= 0.6 is 0 Å². The molecule has 0 amide bonds. The predicted molar refractivity (Wildman–Crippen MR) is 63.7 cm³/mol. The SMILES string of the molecule is C=CCC(C)NC(C)c1cnn(CC)c1. The maximum atomic E-state index is 4.27. The molecule has 0 bridgehead atoms. The molecule has 84 valence electrons. The van der Waals surface area contributed by atoms with Crippen LogP contribution in [0.25, 0.3) is 0 Å². The Morgan fingerprint density at radius 2 is 2.33 bits per heavy atom. The minimum Gasteiger partial charge on any atom is -0.307 e. The Bertz CT molecular complexity index is 304. The average Bonchev–Trinajstić information content (AvgIpc) is 2.66. The van der Waals surface area contributed by atoms with E-state index in [1.54, 1.807) is 0 Å². The summed E-state index contributed by atoms with van der Waals surface area (Å²) in [6, 6.07) is 0.808. The summed E-state index contributed by atoms with van der Waals surface area (Å²) in [5.74, 6) is 0. The molecule has 0 radical (unpaired) electrons. The molecule has 1 aromatic heterocycles. The highest BCUT2D eigenvalue weighted by atomic mass is 15.3. The Morgan fingerprint density at radius 3 is 2.87 bits per heavy atom. The molecule has 2 unspecified atom stereocenters. The van der Waals surface area contributed by atoms with Crippen LogP contribution in [0.2, 0.25) is 0 Å². The van der Waals surface area contributed by atoms with Crippen molar-refractivity contribution in [3.63, 3.8) is 0 Å². The maximum absolute atomic E-state index is 4.27. The van der Waals surface area contributed by atoms with E-state index < -0.39 is 0 Å². The smallest absolute Gasteiger partial charge is 0.0537 e. The van der Waals surface area contributed by atoms with Gasteiger partial charge in [0.2, 0.25) is 0 Å². The first-order chi connectivity index (χ1) is 7.17. The van der Waals surface area contributed by atoms with E-state index in [9.17, 15) is 0 Å². The molecule has 0 spiro atoms. The van der Waals surface area contributed by atoms with Gasteiger partial charge in [-0.05, 0) is 27.2 Å². The van der Waals surface area contributed by atoms with E-state index in [2.05, 4.69) is 44.0 Å². The minimum atomic E-state index is 0.347. The molecule has 3 nitrogen and oxygen atoms in total. The van der Waals surface area contributed by atoms with E-state index >= 15 is 0 Å². The highest BCUT2D eigenvalue weighted by Crippen LogP contribution is 2.12. The Morgan fingerprint density at radius 1 is 1.60 bits per heavy atom. The molecular formula is C12H21N3. The minimum absolute atomic E-state index is 0.347. The fourth-order valence-electron chi connectivity index (χ4n) is 1.62. The van der Waals surface area contributed by atoms with Gasteiger partial charge < -0.3 is 5.32 Å². The van der Waals surface area contributed by atoms with Gasteiger partial charge in [0, 0.05) is 30.4 Å². The molecule has 1 aromatic rings. The summed E-state index contributed by atoms with van der Waals surface area (Å²) >= 11 is 0. The van der Waals surface area contributed by atoms with Crippen molar-refractivity contribution in [3.05, 3.63) is 30.6 Å². The lowest BCUT2D eigenvalue weighted by atomic mass is 10.1. The van der Waals surface area contributed by atoms with Gasteiger partial charge in [-0.2, -0.15) is 5.10 Å². The lowest BCUT2D eigenvalue weighted by molar-refractivity contribution is 0.482. The van der Waals surface area contributed by atoms with E-state index in [4.69, 9.17) is 0 Å². The summed E-state index contributed by atoms with van der Waals surface area (Å²) in [5, 5.41) is 7.78. The molecule has 0 aromatic carbocycles. The largest absolute Gasteiger partial charge is 0.307 e. The van der Waals surface area contributed by atoms with Crippen LogP contribution in [-0.4, -0.2) is 15.8 Å². The van der Waals surface area contributed by atoms with Gasteiger partial charge in [0.15, 0.2) is 0 Å². The third kappa shape index (κ3) is 3.51. The molecule has 3 heteroatoms. The quantitative estimate of drug-likeness (QED) is 0.726. The highest BCUT2D eigenvalue weighted by molar-refractivity contribution is 5.09. The average molecular weight is 207 g/mol. The van der Waals surface area contributed by atoms with Crippen molar-refractivity contribution in [2.24, 2.45) is 0 Å².